The minimum absolute atomic E-state index is 0.0119. The third kappa shape index (κ3) is 2.83. The Balaban J connectivity index is 1.97. The predicted octanol–water partition coefficient (Wildman–Crippen LogP) is 1.51. The zero-order valence-electron chi connectivity index (χ0n) is 11.7. The summed E-state index contributed by atoms with van der Waals surface area (Å²) in [4.78, 5) is 13.6. The number of hydrogen-bond donors (Lipinski definition) is 2. The maximum atomic E-state index is 12.3. The lowest BCUT2D eigenvalue weighted by Gasteiger charge is -2.29. The SMILES string of the molecule is CC(C)(CNC(=O)C1(C)COCC1N)c1cccs1. The Labute approximate surface area is 118 Å². The average molecular weight is 282 g/mol. The zero-order chi connectivity index (χ0) is 14.1. The molecule has 1 amide bonds. The summed E-state index contributed by atoms with van der Waals surface area (Å²) in [6, 6.07) is 3.91. The summed E-state index contributed by atoms with van der Waals surface area (Å²) in [6.07, 6.45) is 0. The third-order valence-corrected chi connectivity index (χ3v) is 5.15. The Kier molecular flexibility index (Phi) is 3.99. The summed E-state index contributed by atoms with van der Waals surface area (Å²) >= 11 is 1.71. The van der Waals surface area contributed by atoms with Gasteiger partial charge in [-0.3, -0.25) is 4.79 Å². The number of ether oxygens (including phenoxy) is 1. The van der Waals surface area contributed by atoms with Gasteiger partial charge in [-0.05, 0) is 18.4 Å². The van der Waals surface area contributed by atoms with E-state index >= 15 is 0 Å². The average Bonchev–Trinajstić information content (AvgIpc) is 2.99. The number of hydrogen-bond acceptors (Lipinski definition) is 4. The molecule has 0 saturated carbocycles. The van der Waals surface area contributed by atoms with Crippen molar-refractivity contribution < 1.29 is 9.53 Å². The molecule has 4 nitrogen and oxygen atoms in total. The van der Waals surface area contributed by atoms with Gasteiger partial charge in [0.25, 0.3) is 0 Å². The summed E-state index contributed by atoms with van der Waals surface area (Å²) in [5.41, 5.74) is 5.29. The molecule has 106 valence electrons. The van der Waals surface area contributed by atoms with Crippen molar-refractivity contribution in [3.63, 3.8) is 0 Å². The number of amides is 1. The molecule has 1 aliphatic heterocycles. The lowest BCUT2D eigenvalue weighted by atomic mass is 9.84. The molecule has 1 aromatic rings. The van der Waals surface area contributed by atoms with Crippen LogP contribution in [0.15, 0.2) is 17.5 Å². The van der Waals surface area contributed by atoms with Crippen LogP contribution in [0, 0.1) is 5.41 Å². The van der Waals surface area contributed by atoms with E-state index in [-0.39, 0.29) is 17.4 Å². The Morgan fingerprint density at radius 1 is 1.68 bits per heavy atom. The fraction of sp³-hybridized carbons (Fsp3) is 0.643. The van der Waals surface area contributed by atoms with Gasteiger partial charge in [-0.1, -0.05) is 19.9 Å². The van der Waals surface area contributed by atoms with Gasteiger partial charge in [-0.25, -0.2) is 0 Å². The smallest absolute Gasteiger partial charge is 0.229 e. The van der Waals surface area contributed by atoms with Crippen LogP contribution in [0.5, 0.6) is 0 Å². The maximum Gasteiger partial charge on any atom is 0.229 e. The van der Waals surface area contributed by atoms with E-state index in [1.165, 1.54) is 4.88 Å². The van der Waals surface area contributed by atoms with Crippen LogP contribution in [0.4, 0.5) is 0 Å². The molecule has 1 aliphatic rings. The first kappa shape index (κ1) is 14.5. The van der Waals surface area contributed by atoms with Crippen LogP contribution in [0.1, 0.15) is 25.6 Å². The van der Waals surface area contributed by atoms with Gasteiger partial charge in [-0.15, -0.1) is 11.3 Å². The predicted molar refractivity (Wildman–Crippen MR) is 77.3 cm³/mol. The number of rotatable bonds is 4. The van der Waals surface area contributed by atoms with Crippen molar-refractivity contribution in [1.82, 2.24) is 5.32 Å². The number of carbonyl (C=O) groups is 1. The molecule has 2 heterocycles. The van der Waals surface area contributed by atoms with E-state index in [4.69, 9.17) is 10.5 Å². The van der Waals surface area contributed by atoms with Gasteiger partial charge in [0.05, 0.1) is 18.6 Å². The summed E-state index contributed by atoms with van der Waals surface area (Å²) in [6.45, 7) is 7.60. The lowest BCUT2D eigenvalue weighted by Crippen LogP contribution is -2.51. The highest BCUT2D eigenvalue weighted by Gasteiger charge is 2.44. The van der Waals surface area contributed by atoms with Crippen LogP contribution < -0.4 is 11.1 Å². The molecule has 0 aromatic carbocycles. The second-order valence-corrected chi connectivity index (χ2v) is 7.03. The topological polar surface area (TPSA) is 64.3 Å². The van der Waals surface area contributed by atoms with Crippen LogP contribution in [-0.4, -0.2) is 31.7 Å². The number of nitrogens with one attached hydrogen (secondary N) is 1. The Morgan fingerprint density at radius 2 is 2.42 bits per heavy atom. The van der Waals surface area contributed by atoms with Crippen LogP contribution in [0.3, 0.4) is 0 Å². The van der Waals surface area contributed by atoms with Crippen molar-refractivity contribution in [1.29, 1.82) is 0 Å². The molecule has 2 rings (SSSR count). The lowest BCUT2D eigenvalue weighted by molar-refractivity contribution is -0.130. The quantitative estimate of drug-likeness (QED) is 0.880. The zero-order valence-corrected chi connectivity index (χ0v) is 12.5. The van der Waals surface area contributed by atoms with E-state index in [0.29, 0.717) is 19.8 Å². The second-order valence-electron chi connectivity index (χ2n) is 6.08. The van der Waals surface area contributed by atoms with Crippen molar-refractivity contribution >= 4 is 17.2 Å². The first-order valence-corrected chi connectivity index (χ1v) is 7.40. The van der Waals surface area contributed by atoms with Gasteiger partial charge < -0.3 is 15.8 Å². The van der Waals surface area contributed by atoms with E-state index in [1.807, 2.05) is 13.0 Å². The molecule has 0 spiro atoms. The van der Waals surface area contributed by atoms with Crippen LogP contribution >= 0.6 is 11.3 Å². The number of carbonyl (C=O) groups excluding carboxylic acids is 1. The summed E-state index contributed by atoms with van der Waals surface area (Å²) in [5.74, 6) is -0.0119. The largest absolute Gasteiger partial charge is 0.379 e. The van der Waals surface area contributed by atoms with Gasteiger partial charge in [0.2, 0.25) is 5.91 Å². The molecular formula is C14H22N2O2S. The molecule has 19 heavy (non-hydrogen) atoms. The molecule has 2 atom stereocenters. The molecule has 1 aromatic heterocycles. The molecule has 5 heteroatoms. The summed E-state index contributed by atoms with van der Waals surface area (Å²) < 4.78 is 5.31. The molecule has 1 fully saturated rings. The number of nitrogens with two attached hydrogens (primary N) is 1. The van der Waals surface area contributed by atoms with Gasteiger partial charge in [0, 0.05) is 22.9 Å². The highest BCUT2D eigenvalue weighted by atomic mass is 32.1. The second kappa shape index (κ2) is 5.23. The standard InChI is InChI=1S/C14H22N2O2S/c1-13(2,11-5-4-6-19-11)8-16-12(17)14(3)9-18-7-10(14)15/h4-6,10H,7-9,15H2,1-3H3,(H,16,17). The molecule has 1 saturated heterocycles. The molecule has 0 aliphatic carbocycles. The van der Waals surface area contributed by atoms with Crippen molar-refractivity contribution in [3.8, 4) is 0 Å². The molecule has 2 unspecified atom stereocenters. The van der Waals surface area contributed by atoms with Crippen LogP contribution in [0.25, 0.3) is 0 Å². The van der Waals surface area contributed by atoms with Crippen molar-refractivity contribution in [2.45, 2.75) is 32.2 Å². The fourth-order valence-corrected chi connectivity index (χ4v) is 3.03. The Hall–Kier alpha value is -0.910. The third-order valence-electron chi connectivity index (χ3n) is 3.92. The van der Waals surface area contributed by atoms with Gasteiger partial charge in [0.15, 0.2) is 0 Å². The Morgan fingerprint density at radius 3 is 2.95 bits per heavy atom. The monoisotopic (exact) mass is 282 g/mol. The molecule has 0 bridgehead atoms. The fourth-order valence-electron chi connectivity index (χ4n) is 2.18. The van der Waals surface area contributed by atoms with Crippen LogP contribution in [-0.2, 0) is 14.9 Å². The van der Waals surface area contributed by atoms with Crippen molar-refractivity contribution in [2.75, 3.05) is 19.8 Å². The van der Waals surface area contributed by atoms with E-state index in [9.17, 15) is 4.79 Å². The minimum Gasteiger partial charge on any atom is -0.379 e. The van der Waals surface area contributed by atoms with E-state index in [1.54, 1.807) is 11.3 Å². The first-order chi connectivity index (χ1) is 8.86. The molecular weight excluding hydrogens is 260 g/mol. The van der Waals surface area contributed by atoms with Crippen molar-refractivity contribution in [3.05, 3.63) is 22.4 Å². The van der Waals surface area contributed by atoms with Gasteiger partial charge in [0.1, 0.15) is 0 Å². The van der Waals surface area contributed by atoms with E-state index in [0.717, 1.165) is 0 Å². The highest BCUT2D eigenvalue weighted by Crippen LogP contribution is 2.29. The van der Waals surface area contributed by atoms with Gasteiger partial charge in [-0.2, -0.15) is 0 Å². The molecule has 3 N–H and O–H groups in total. The summed E-state index contributed by atoms with van der Waals surface area (Å²) in [7, 11) is 0. The normalized spacial score (nSPS) is 27.5. The van der Waals surface area contributed by atoms with Gasteiger partial charge >= 0.3 is 0 Å². The Bertz CT molecular complexity index is 444. The maximum absolute atomic E-state index is 12.3. The highest BCUT2D eigenvalue weighted by molar-refractivity contribution is 7.10. The first-order valence-electron chi connectivity index (χ1n) is 6.52. The van der Waals surface area contributed by atoms with E-state index < -0.39 is 5.41 Å². The van der Waals surface area contributed by atoms with Crippen LogP contribution in [0.2, 0.25) is 0 Å². The number of thiophene rings is 1. The van der Waals surface area contributed by atoms with Crippen molar-refractivity contribution in [2.24, 2.45) is 11.1 Å². The minimum atomic E-state index is -0.606. The van der Waals surface area contributed by atoms with E-state index in [2.05, 4.69) is 30.6 Å². The summed E-state index contributed by atoms with van der Waals surface area (Å²) in [5, 5.41) is 5.09. The molecule has 0 radical (unpaired) electrons.